The molecule has 0 spiro atoms. The molecule has 0 N–H and O–H groups in total. The van der Waals surface area contributed by atoms with Crippen LogP contribution in [0.5, 0.6) is 0 Å². The maximum Gasteiger partial charge on any atom is 0.157 e. The molecule has 0 radical (unpaired) electrons. The van der Waals surface area contributed by atoms with Crippen molar-refractivity contribution in [1.29, 1.82) is 0 Å². The van der Waals surface area contributed by atoms with Gasteiger partial charge < -0.3 is 0 Å². The van der Waals surface area contributed by atoms with Crippen LogP contribution in [0, 0.1) is 11.8 Å². The monoisotopic (exact) mass is 262 g/mol. The van der Waals surface area contributed by atoms with Gasteiger partial charge >= 0.3 is 0 Å². The predicted octanol–water partition coefficient (Wildman–Crippen LogP) is 0.703. The molecule has 0 aliphatic carbocycles. The molecule has 0 amide bonds. The van der Waals surface area contributed by atoms with Crippen LogP contribution in [-0.2, 0) is 9.59 Å². The molecule has 4 heterocycles. The van der Waals surface area contributed by atoms with Crippen LogP contribution in [0.25, 0.3) is 0 Å². The molecule has 0 aromatic heterocycles. The van der Waals surface area contributed by atoms with Crippen molar-refractivity contribution in [2.45, 2.75) is 44.2 Å². The van der Waals surface area contributed by atoms with Crippen LogP contribution in [0.3, 0.4) is 0 Å². The molecule has 4 heteroatoms. The second-order valence-corrected chi connectivity index (χ2v) is 6.87. The SMILES string of the molecule is O=C1CC(=O)[C@H]2[C@H]3C[C@@H](CN2C1)[C@H]1CCCCN1C3. The van der Waals surface area contributed by atoms with E-state index in [-0.39, 0.29) is 24.0 Å². The van der Waals surface area contributed by atoms with Crippen molar-refractivity contribution in [1.82, 2.24) is 9.80 Å². The number of carbonyl (C=O) groups excluding carboxylic acids is 2. The zero-order valence-electron chi connectivity index (χ0n) is 11.4. The maximum atomic E-state index is 12.2. The van der Waals surface area contributed by atoms with Crippen LogP contribution in [0.15, 0.2) is 0 Å². The number of rotatable bonds is 0. The molecule has 0 aromatic carbocycles. The van der Waals surface area contributed by atoms with Gasteiger partial charge in [-0.15, -0.1) is 0 Å². The number of piperidine rings is 4. The molecule has 4 aliphatic heterocycles. The van der Waals surface area contributed by atoms with Crippen LogP contribution in [0.2, 0.25) is 0 Å². The van der Waals surface area contributed by atoms with Crippen molar-refractivity contribution in [2.75, 3.05) is 26.2 Å². The highest BCUT2D eigenvalue weighted by atomic mass is 16.2. The second kappa shape index (κ2) is 4.38. The summed E-state index contributed by atoms with van der Waals surface area (Å²) in [5.74, 6) is 1.49. The second-order valence-electron chi connectivity index (χ2n) is 6.87. The summed E-state index contributed by atoms with van der Waals surface area (Å²) in [5.41, 5.74) is 0. The minimum atomic E-state index is 0.0526. The number of hydrogen-bond acceptors (Lipinski definition) is 4. The Balaban J connectivity index is 1.61. The van der Waals surface area contributed by atoms with Crippen molar-refractivity contribution < 1.29 is 9.59 Å². The van der Waals surface area contributed by atoms with E-state index in [0.29, 0.717) is 18.4 Å². The van der Waals surface area contributed by atoms with Crippen molar-refractivity contribution in [3.63, 3.8) is 0 Å². The van der Waals surface area contributed by atoms with Gasteiger partial charge in [0.05, 0.1) is 19.0 Å². The standard InChI is InChI=1S/C15H22N2O2/c18-12-6-14(19)15-11-5-10(7-17(15)9-12)13-3-1-2-4-16(13)8-11/h10-11,13,15H,1-9H2/t10-,11-,13+,15+/m0/s1. The third-order valence-corrected chi connectivity index (χ3v) is 5.67. The first-order chi connectivity index (χ1) is 9.22. The molecule has 4 nitrogen and oxygen atoms in total. The Morgan fingerprint density at radius 1 is 1.00 bits per heavy atom. The van der Waals surface area contributed by atoms with Crippen molar-refractivity contribution >= 4 is 11.6 Å². The Kier molecular flexibility index (Phi) is 2.78. The lowest BCUT2D eigenvalue weighted by atomic mass is 9.70. The van der Waals surface area contributed by atoms with Crippen molar-refractivity contribution in [3.8, 4) is 0 Å². The van der Waals surface area contributed by atoms with E-state index in [4.69, 9.17) is 0 Å². The lowest BCUT2D eigenvalue weighted by Gasteiger charge is -2.56. The lowest BCUT2D eigenvalue weighted by Crippen LogP contribution is -2.66. The molecule has 19 heavy (non-hydrogen) atoms. The highest BCUT2D eigenvalue weighted by Crippen LogP contribution is 2.41. The molecule has 4 rings (SSSR count). The molecule has 4 saturated heterocycles. The van der Waals surface area contributed by atoms with Gasteiger partial charge in [0, 0.05) is 19.1 Å². The van der Waals surface area contributed by atoms with Gasteiger partial charge in [0.1, 0.15) is 0 Å². The summed E-state index contributed by atoms with van der Waals surface area (Å²) >= 11 is 0. The molecule has 0 saturated carbocycles. The smallest absolute Gasteiger partial charge is 0.157 e. The summed E-state index contributed by atoms with van der Waals surface area (Å²) in [6.07, 6.45) is 5.38. The van der Waals surface area contributed by atoms with E-state index >= 15 is 0 Å². The summed E-state index contributed by atoms with van der Waals surface area (Å²) in [5, 5.41) is 0. The van der Waals surface area contributed by atoms with E-state index in [9.17, 15) is 9.59 Å². The topological polar surface area (TPSA) is 40.6 Å². The fraction of sp³-hybridized carbons (Fsp3) is 0.867. The first kappa shape index (κ1) is 12.0. The fourth-order valence-electron chi connectivity index (χ4n) is 5.05. The maximum absolute atomic E-state index is 12.2. The number of hydrogen-bond donors (Lipinski definition) is 0. The van der Waals surface area contributed by atoms with Crippen LogP contribution in [-0.4, -0.2) is 59.6 Å². The van der Waals surface area contributed by atoms with E-state index in [1.165, 1.54) is 32.2 Å². The van der Waals surface area contributed by atoms with E-state index in [1.54, 1.807) is 0 Å². The van der Waals surface area contributed by atoms with Crippen LogP contribution < -0.4 is 0 Å². The summed E-state index contributed by atoms with van der Waals surface area (Å²) in [6.45, 7) is 3.80. The molecular formula is C15H22N2O2. The molecule has 2 bridgehead atoms. The van der Waals surface area contributed by atoms with Crippen LogP contribution in [0.1, 0.15) is 32.1 Å². The van der Waals surface area contributed by atoms with Gasteiger partial charge in [0.2, 0.25) is 0 Å². The van der Waals surface area contributed by atoms with Gasteiger partial charge in [-0.1, -0.05) is 6.42 Å². The minimum absolute atomic E-state index is 0.0526. The fourth-order valence-corrected chi connectivity index (χ4v) is 5.05. The number of fused-ring (bicyclic) bond motifs is 6. The Morgan fingerprint density at radius 3 is 2.74 bits per heavy atom. The third kappa shape index (κ3) is 1.88. The third-order valence-electron chi connectivity index (χ3n) is 5.67. The number of carbonyl (C=O) groups is 2. The first-order valence-corrected chi connectivity index (χ1v) is 7.75. The summed E-state index contributed by atoms with van der Waals surface area (Å²) in [7, 11) is 0. The predicted molar refractivity (Wildman–Crippen MR) is 70.8 cm³/mol. The molecule has 104 valence electrons. The molecule has 4 aliphatic rings. The quantitative estimate of drug-likeness (QED) is 0.603. The minimum Gasteiger partial charge on any atom is -0.300 e. The van der Waals surface area contributed by atoms with Gasteiger partial charge in [0.25, 0.3) is 0 Å². The van der Waals surface area contributed by atoms with Gasteiger partial charge in [0.15, 0.2) is 11.6 Å². The van der Waals surface area contributed by atoms with E-state index in [1.807, 2.05) is 0 Å². The van der Waals surface area contributed by atoms with Crippen molar-refractivity contribution in [2.24, 2.45) is 11.8 Å². The molecular weight excluding hydrogens is 240 g/mol. The van der Waals surface area contributed by atoms with E-state index < -0.39 is 0 Å². The number of Topliss-reactive ketones (excluding diaryl/α,β-unsaturated/α-hetero) is 2. The first-order valence-electron chi connectivity index (χ1n) is 7.75. The Labute approximate surface area is 114 Å². The molecule has 0 unspecified atom stereocenters. The molecule has 4 atom stereocenters. The Hall–Kier alpha value is -0.740. The Morgan fingerprint density at radius 2 is 1.84 bits per heavy atom. The van der Waals surface area contributed by atoms with Gasteiger partial charge in [-0.3, -0.25) is 19.4 Å². The average molecular weight is 262 g/mol. The van der Waals surface area contributed by atoms with E-state index in [2.05, 4.69) is 9.80 Å². The average Bonchev–Trinajstić information content (AvgIpc) is 2.37. The molecule has 4 fully saturated rings. The van der Waals surface area contributed by atoms with Gasteiger partial charge in [-0.05, 0) is 37.6 Å². The van der Waals surface area contributed by atoms with Gasteiger partial charge in [-0.25, -0.2) is 0 Å². The zero-order valence-corrected chi connectivity index (χ0v) is 11.4. The van der Waals surface area contributed by atoms with Gasteiger partial charge in [-0.2, -0.15) is 0 Å². The van der Waals surface area contributed by atoms with Crippen molar-refractivity contribution in [3.05, 3.63) is 0 Å². The highest BCUT2D eigenvalue weighted by Gasteiger charge is 2.50. The summed E-state index contributed by atoms with van der Waals surface area (Å²) in [6, 6.07) is 0.773. The summed E-state index contributed by atoms with van der Waals surface area (Å²) in [4.78, 5) is 28.7. The Bertz CT molecular complexity index is 422. The zero-order chi connectivity index (χ0) is 13.0. The highest BCUT2D eigenvalue weighted by molar-refractivity contribution is 6.04. The normalized spacial score (nSPS) is 43.8. The number of nitrogens with zero attached hydrogens (tertiary/aromatic N) is 2. The molecule has 0 aromatic rings. The van der Waals surface area contributed by atoms with E-state index in [0.717, 1.165) is 19.1 Å². The lowest BCUT2D eigenvalue weighted by molar-refractivity contribution is -0.146. The summed E-state index contributed by atoms with van der Waals surface area (Å²) < 4.78 is 0. The van der Waals surface area contributed by atoms with Crippen LogP contribution >= 0.6 is 0 Å². The largest absolute Gasteiger partial charge is 0.300 e. The number of ketones is 2. The van der Waals surface area contributed by atoms with Crippen LogP contribution in [0.4, 0.5) is 0 Å².